The molecule has 2 heterocycles. The smallest absolute Gasteiger partial charge is 0.191 e. The van der Waals surface area contributed by atoms with Crippen molar-refractivity contribution in [2.24, 2.45) is 4.99 Å². The lowest BCUT2D eigenvalue weighted by Crippen LogP contribution is -2.44. The fourth-order valence-corrected chi connectivity index (χ4v) is 3.30. The van der Waals surface area contributed by atoms with Crippen LogP contribution >= 0.6 is 0 Å². The molecule has 1 aliphatic rings. The van der Waals surface area contributed by atoms with Crippen molar-refractivity contribution in [3.05, 3.63) is 59.5 Å². The van der Waals surface area contributed by atoms with Crippen molar-refractivity contribution >= 4 is 11.8 Å². The second kappa shape index (κ2) is 10.8. The van der Waals surface area contributed by atoms with E-state index in [1.807, 2.05) is 25.3 Å². The van der Waals surface area contributed by atoms with Gasteiger partial charge in [0.2, 0.25) is 0 Å². The molecule has 0 amide bonds. The van der Waals surface area contributed by atoms with Crippen molar-refractivity contribution in [2.45, 2.75) is 19.9 Å². The highest BCUT2D eigenvalue weighted by Gasteiger charge is 2.15. The number of nitrogens with zero attached hydrogens (tertiary/aromatic N) is 4. The van der Waals surface area contributed by atoms with Gasteiger partial charge in [-0.1, -0.05) is 12.1 Å². The molecular formula is C22H31FN6. The summed E-state index contributed by atoms with van der Waals surface area (Å²) in [6.07, 6.45) is 2.60. The topological polar surface area (TPSA) is 55.8 Å². The summed E-state index contributed by atoms with van der Waals surface area (Å²) in [5.74, 6) is 1.59. The number of halogens is 1. The molecule has 0 atom stereocenters. The lowest BCUT2D eigenvalue weighted by Gasteiger charge is -2.33. The van der Waals surface area contributed by atoms with Gasteiger partial charge in [-0.15, -0.1) is 0 Å². The molecule has 1 aromatic carbocycles. The van der Waals surface area contributed by atoms with Crippen LogP contribution in [-0.4, -0.2) is 62.2 Å². The highest BCUT2D eigenvalue weighted by atomic mass is 19.1. The number of nitrogens with one attached hydrogen (secondary N) is 2. The molecule has 1 saturated heterocycles. The molecule has 2 N–H and O–H groups in total. The molecule has 0 aliphatic carbocycles. The largest absolute Gasteiger partial charge is 0.357 e. The molecular weight excluding hydrogens is 367 g/mol. The molecule has 0 unspecified atom stereocenters. The van der Waals surface area contributed by atoms with E-state index < -0.39 is 0 Å². The fourth-order valence-electron chi connectivity index (χ4n) is 3.30. The molecule has 2 aromatic rings. The monoisotopic (exact) mass is 398 g/mol. The molecule has 29 heavy (non-hydrogen) atoms. The summed E-state index contributed by atoms with van der Waals surface area (Å²) < 4.78 is 13.3. The molecule has 3 rings (SSSR count). The number of aromatic nitrogens is 1. The number of aliphatic imine (C=N–C) groups is 1. The van der Waals surface area contributed by atoms with Gasteiger partial charge in [-0.25, -0.2) is 14.4 Å². The van der Waals surface area contributed by atoms with Gasteiger partial charge in [-0.2, -0.15) is 0 Å². The second-order valence-electron chi connectivity index (χ2n) is 7.31. The number of piperazine rings is 1. The summed E-state index contributed by atoms with van der Waals surface area (Å²) >= 11 is 0. The SMILES string of the molecule is CCNC(=NCc1ccnc(N2CCN(C)CC2)c1)NCCc1cccc(F)c1. The minimum atomic E-state index is -0.197. The van der Waals surface area contributed by atoms with Crippen molar-refractivity contribution < 1.29 is 4.39 Å². The maximum absolute atomic E-state index is 13.3. The molecule has 7 heteroatoms. The van der Waals surface area contributed by atoms with Gasteiger partial charge < -0.3 is 20.4 Å². The molecule has 0 saturated carbocycles. The zero-order valence-corrected chi connectivity index (χ0v) is 17.4. The van der Waals surface area contributed by atoms with Gasteiger partial charge in [-0.3, -0.25) is 0 Å². The van der Waals surface area contributed by atoms with E-state index >= 15 is 0 Å². The number of hydrogen-bond donors (Lipinski definition) is 2. The Kier molecular flexibility index (Phi) is 7.81. The minimum absolute atomic E-state index is 0.197. The summed E-state index contributed by atoms with van der Waals surface area (Å²) in [6.45, 7) is 8.22. The summed E-state index contributed by atoms with van der Waals surface area (Å²) in [5, 5.41) is 6.59. The first kappa shape index (κ1) is 21.0. The van der Waals surface area contributed by atoms with Crippen molar-refractivity contribution in [2.75, 3.05) is 51.2 Å². The summed E-state index contributed by atoms with van der Waals surface area (Å²) in [5.41, 5.74) is 2.11. The first-order chi connectivity index (χ1) is 14.1. The Morgan fingerprint density at radius 2 is 1.93 bits per heavy atom. The lowest BCUT2D eigenvalue weighted by atomic mass is 10.1. The van der Waals surface area contributed by atoms with Crippen LogP contribution in [0.1, 0.15) is 18.1 Å². The fraction of sp³-hybridized carbons (Fsp3) is 0.455. The highest BCUT2D eigenvalue weighted by Crippen LogP contribution is 2.15. The second-order valence-corrected chi connectivity index (χ2v) is 7.31. The van der Waals surface area contributed by atoms with Gasteiger partial charge in [0.15, 0.2) is 5.96 Å². The quantitative estimate of drug-likeness (QED) is 0.554. The Morgan fingerprint density at radius 1 is 1.10 bits per heavy atom. The molecule has 0 spiro atoms. The number of rotatable bonds is 7. The first-order valence-corrected chi connectivity index (χ1v) is 10.3. The van der Waals surface area contributed by atoms with Crippen LogP contribution in [0.25, 0.3) is 0 Å². The summed E-state index contributed by atoms with van der Waals surface area (Å²) in [6, 6.07) is 10.9. The lowest BCUT2D eigenvalue weighted by molar-refractivity contribution is 0.312. The van der Waals surface area contributed by atoms with Crippen LogP contribution in [0.15, 0.2) is 47.6 Å². The number of pyridine rings is 1. The standard InChI is InChI=1S/C22H31FN6/c1-3-24-22(26-10-7-18-5-4-6-20(23)15-18)27-17-19-8-9-25-21(16-19)29-13-11-28(2)12-14-29/h4-6,8-9,15-16H,3,7,10-14,17H2,1-2H3,(H2,24,26,27). The van der Waals surface area contributed by atoms with Gasteiger partial charge in [-0.05, 0) is 55.8 Å². The number of likely N-dealkylation sites (N-methyl/N-ethyl adjacent to an activating group) is 1. The van der Waals surface area contributed by atoms with E-state index in [0.717, 1.165) is 62.0 Å². The van der Waals surface area contributed by atoms with Crippen molar-refractivity contribution in [3.63, 3.8) is 0 Å². The molecule has 156 valence electrons. The Hall–Kier alpha value is -2.67. The van der Waals surface area contributed by atoms with Crippen LogP contribution in [0.4, 0.5) is 10.2 Å². The number of guanidine groups is 1. The number of benzene rings is 1. The van der Waals surface area contributed by atoms with Crippen LogP contribution in [0.5, 0.6) is 0 Å². The van der Waals surface area contributed by atoms with Crippen LogP contribution in [0, 0.1) is 5.82 Å². The highest BCUT2D eigenvalue weighted by molar-refractivity contribution is 5.79. The maximum atomic E-state index is 13.3. The third kappa shape index (κ3) is 6.71. The Labute approximate surface area is 172 Å². The summed E-state index contributed by atoms with van der Waals surface area (Å²) in [4.78, 5) is 13.9. The molecule has 1 aromatic heterocycles. The van der Waals surface area contributed by atoms with Gasteiger partial charge in [0.1, 0.15) is 11.6 Å². The molecule has 1 aliphatic heterocycles. The summed E-state index contributed by atoms with van der Waals surface area (Å²) in [7, 11) is 2.15. The van der Waals surface area contributed by atoms with Gasteiger partial charge in [0.05, 0.1) is 6.54 Å². The van der Waals surface area contributed by atoms with Gasteiger partial charge in [0, 0.05) is 45.5 Å². The molecule has 0 bridgehead atoms. The average Bonchev–Trinajstić information content (AvgIpc) is 2.73. The van der Waals surface area contributed by atoms with E-state index in [2.05, 4.69) is 38.5 Å². The van der Waals surface area contributed by atoms with Gasteiger partial charge in [0.25, 0.3) is 0 Å². The normalized spacial score (nSPS) is 15.4. The van der Waals surface area contributed by atoms with E-state index in [-0.39, 0.29) is 5.82 Å². The third-order valence-corrected chi connectivity index (χ3v) is 5.00. The van der Waals surface area contributed by atoms with Crippen molar-refractivity contribution in [1.82, 2.24) is 20.5 Å². The Bertz CT molecular complexity index is 801. The molecule has 0 radical (unpaired) electrons. The minimum Gasteiger partial charge on any atom is -0.357 e. The van der Waals surface area contributed by atoms with E-state index in [4.69, 9.17) is 4.99 Å². The predicted molar refractivity (Wildman–Crippen MR) is 117 cm³/mol. The first-order valence-electron chi connectivity index (χ1n) is 10.3. The van der Waals surface area contributed by atoms with Crippen LogP contribution < -0.4 is 15.5 Å². The van der Waals surface area contributed by atoms with Crippen LogP contribution in [0.2, 0.25) is 0 Å². The van der Waals surface area contributed by atoms with Crippen LogP contribution in [-0.2, 0) is 13.0 Å². The van der Waals surface area contributed by atoms with E-state index in [9.17, 15) is 4.39 Å². The van der Waals surface area contributed by atoms with Gasteiger partial charge >= 0.3 is 0 Å². The Balaban J connectivity index is 1.56. The zero-order valence-electron chi connectivity index (χ0n) is 17.4. The number of hydrogen-bond acceptors (Lipinski definition) is 4. The van der Waals surface area contributed by atoms with Crippen molar-refractivity contribution in [1.29, 1.82) is 0 Å². The predicted octanol–water partition coefficient (Wildman–Crippen LogP) is 2.27. The third-order valence-electron chi connectivity index (χ3n) is 5.00. The van der Waals surface area contributed by atoms with Crippen LogP contribution in [0.3, 0.4) is 0 Å². The average molecular weight is 399 g/mol. The van der Waals surface area contributed by atoms with E-state index in [1.54, 1.807) is 12.1 Å². The maximum Gasteiger partial charge on any atom is 0.191 e. The van der Waals surface area contributed by atoms with E-state index in [1.165, 1.54) is 6.07 Å². The Morgan fingerprint density at radius 3 is 2.69 bits per heavy atom. The van der Waals surface area contributed by atoms with Crippen molar-refractivity contribution in [3.8, 4) is 0 Å². The zero-order chi connectivity index (χ0) is 20.5. The molecule has 6 nitrogen and oxygen atoms in total. The number of anilines is 1. The molecule has 1 fully saturated rings. The van der Waals surface area contributed by atoms with E-state index in [0.29, 0.717) is 13.1 Å².